The van der Waals surface area contributed by atoms with Gasteiger partial charge in [-0.3, -0.25) is 0 Å². The summed E-state index contributed by atoms with van der Waals surface area (Å²) in [6.45, 7) is 30.3. The molecule has 2 heterocycles. The Bertz CT molecular complexity index is 1870. The Morgan fingerprint density at radius 3 is 0.786 bits per heavy atom. The number of hydrogen-bond acceptors (Lipinski definition) is 38. The van der Waals surface area contributed by atoms with E-state index in [4.69, 9.17) is 166 Å². The lowest BCUT2D eigenvalue weighted by atomic mass is 10.5. The third-order valence-electron chi connectivity index (χ3n) is 13.2. The fraction of sp³-hybridized carbons (Fsp3) is 1.00. The zero-order valence-electron chi connectivity index (χ0n) is 64.4. The molecule has 0 amide bonds. The maximum atomic E-state index is 6.31. The molecule has 0 aliphatic carbocycles. The van der Waals surface area contributed by atoms with Gasteiger partial charge in [0.2, 0.25) is 0 Å². The van der Waals surface area contributed by atoms with Crippen LogP contribution in [0.5, 0.6) is 0 Å². The topological polar surface area (TPSA) is 357 Å². The van der Waals surface area contributed by atoms with Gasteiger partial charge in [0.05, 0.1) is 19.8 Å². The number of hydrogen-bond donors (Lipinski definition) is 0. The molecule has 2 rings (SSSR count). The Morgan fingerprint density at radius 1 is 0.265 bits per heavy atom. The normalized spacial score (nSPS) is 17.8. The molecule has 0 aromatic carbocycles. The summed E-state index contributed by atoms with van der Waals surface area (Å²) in [5.74, 6) is 0. The molecule has 0 aromatic heterocycles. The van der Waals surface area contributed by atoms with Gasteiger partial charge in [-0.2, -0.15) is 0 Å². The maximum Gasteiger partial charge on any atom is 0.673 e. The molecule has 51 heteroatoms. The zero-order chi connectivity index (χ0) is 75.7. The van der Waals surface area contributed by atoms with Crippen LogP contribution in [0.3, 0.4) is 0 Å². The number of epoxide rings is 2. The lowest BCUT2D eigenvalue weighted by Gasteiger charge is -2.40. The van der Waals surface area contributed by atoms with Gasteiger partial charge in [-0.15, -0.1) is 0 Å². The van der Waals surface area contributed by atoms with Crippen molar-refractivity contribution in [3.63, 3.8) is 0 Å². The summed E-state index contributed by atoms with van der Waals surface area (Å²) < 4.78 is 214. The second-order valence-electron chi connectivity index (χ2n) is 19.8. The molecule has 0 N–H and O–H groups in total. The summed E-state index contributed by atoms with van der Waals surface area (Å²) in [5, 5.41) is 0. The van der Waals surface area contributed by atoms with E-state index < -0.39 is 116 Å². The SMILES string of the molecule is CCO[Si](OCC)(OCC)O[Si](OCC)(OCC)O[Si](OCC)(OCC)OCC.CO[Si](C)(CCOCC1CO1)O[Si](OC)(OC)O[Si](C)(OC)O[Si](C)(OC)C1CO1.CO[Si](C)(OC)O[Si](C)(OC)O[Si](C)(OC)OC.CO[Si](OC)(OC)O[Si](OC)(OC)O[Si](OC)(OC)OC. The van der Waals surface area contributed by atoms with E-state index in [1.807, 2.05) is 68.5 Å². The molecule has 38 nitrogen and oxygen atoms in total. The monoisotopic (exact) mass is 1660 g/mol. The van der Waals surface area contributed by atoms with E-state index in [0.717, 1.165) is 6.61 Å². The van der Waals surface area contributed by atoms with Crippen molar-refractivity contribution in [2.75, 3.05) is 207 Å². The van der Waals surface area contributed by atoms with Crippen molar-refractivity contribution in [2.24, 2.45) is 0 Å². The van der Waals surface area contributed by atoms with Gasteiger partial charge in [0, 0.05) is 220 Å². The molecule has 98 heavy (non-hydrogen) atoms. The lowest BCUT2D eigenvalue weighted by molar-refractivity contribution is -0.0762. The molecule has 5 atom stereocenters. The molecule has 0 bridgehead atoms. The van der Waals surface area contributed by atoms with E-state index in [2.05, 4.69) is 0 Å². The third kappa shape index (κ3) is 34.7. The summed E-state index contributed by atoms with van der Waals surface area (Å²) >= 11 is 0. The van der Waals surface area contributed by atoms with Crippen molar-refractivity contribution in [2.45, 2.75) is 113 Å². The van der Waals surface area contributed by atoms with E-state index in [-0.39, 0.29) is 25.0 Å². The van der Waals surface area contributed by atoms with Gasteiger partial charge >= 0.3 is 116 Å². The van der Waals surface area contributed by atoms with Crippen LogP contribution in [0.1, 0.15) is 55.4 Å². The van der Waals surface area contributed by atoms with Crippen LogP contribution in [0, 0.1) is 0 Å². The Balaban J connectivity index is 0. The molecule has 2 aliphatic heterocycles. The van der Waals surface area contributed by atoms with Gasteiger partial charge in [-0.1, -0.05) is 0 Å². The average Bonchev–Trinajstić information content (AvgIpc) is 1.47. The Hall–Kier alpha value is 1.30. The second kappa shape index (κ2) is 50.1. The van der Waals surface area contributed by atoms with Gasteiger partial charge in [-0.05, 0) is 68.5 Å². The van der Waals surface area contributed by atoms with Gasteiger partial charge in [0.25, 0.3) is 0 Å². The first kappa shape index (κ1) is 101. The minimum Gasteiger partial charge on any atom is -0.398 e. The van der Waals surface area contributed by atoms with Crippen LogP contribution in [0.4, 0.5) is 0 Å². The van der Waals surface area contributed by atoms with E-state index in [1.165, 1.54) is 114 Å². The van der Waals surface area contributed by atoms with Crippen LogP contribution in [0.25, 0.3) is 0 Å². The molecule has 2 aliphatic rings. The molecule has 2 fully saturated rings. The average molecular weight is 1660 g/mol. The van der Waals surface area contributed by atoms with Crippen LogP contribution in [0.15, 0.2) is 0 Å². The zero-order valence-corrected chi connectivity index (χ0v) is 77.4. The maximum absolute atomic E-state index is 6.31. The molecule has 5 unspecified atom stereocenters. The van der Waals surface area contributed by atoms with E-state index in [9.17, 15) is 0 Å². The van der Waals surface area contributed by atoms with Crippen LogP contribution in [-0.2, 0) is 166 Å². The van der Waals surface area contributed by atoms with Gasteiger partial charge in [0.15, 0.2) is 0 Å². The van der Waals surface area contributed by atoms with E-state index in [1.54, 1.807) is 40.4 Å². The van der Waals surface area contributed by atoms with Crippen LogP contribution in [-0.4, -0.2) is 335 Å². The quantitative estimate of drug-likeness (QED) is 0.0474. The summed E-state index contributed by atoms with van der Waals surface area (Å²) in [6, 6.07) is 0.563. The number of rotatable bonds is 58. The highest BCUT2D eigenvalue weighted by Crippen LogP contribution is 2.33. The van der Waals surface area contributed by atoms with Crippen molar-refractivity contribution < 1.29 is 166 Å². The highest BCUT2D eigenvalue weighted by Gasteiger charge is 2.67. The van der Waals surface area contributed by atoms with Crippen molar-refractivity contribution in [3.05, 3.63) is 0 Å². The van der Waals surface area contributed by atoms with Crippen LogP contribution in [0.2, 0.25) is 45.3 Å². The molecule has 2 saturated heterocycles. The predicted molar refractivity (Wildman–Crippen MR) is 374 cm³/mol. The Morgan fingerprint density at radius 2 is 0.541 bits per heavy atom. The van der Waals surface area contributed by atoms with Crippen molar-refractivity contribution in [3.8, 4) is 0 Å². The Labute approximate surface area is 598 Å². The molecule has 0 spiro atoms. The minimum absolute atomic E-state index is 0.0682. The summed E-state index contributed by atoms with van der Waals surface area (Å²) in [7, 11) is -16.5. The minimum atomic E-state index is -3.92. The fourth-order valence-corrected chi connectivity index (χ4v) is 45.3. The number of ether oxygens (including phenoxy) is 3. The highest BCUT2D eigenvalue weighted by atomic mass is 28.5. The summed E-state index contributed by atoms with van der Waals surface area (Å²) in [4.78, 5) is 0. The first-order valence-electron chi connectivity index (χ1n) is 31.3. The van der Waals surface area contributed by atoms with Crippen molar-refractivity contribution in [1.82, 2.24) is 0 Å². The lowest BCUT2D eigenvalue weighted by Crippen LogP contribution is -2.67. The molecule has 592 valence electrons. The largest absolute Gasteiger partial charge is 0.673 e. The first-order chi connectivity index (χ1) is 46.1. The highest BCUT2D eigenvalue weighted by molar-refractivity contribution is 6.84. The second-order valence-corrected chi connectivity index (χ2v) is 56.1. The predicted octanol–water partition coefficient (Wildman–Crippen LogP) is 3.84. The van der Waals surface area contributed by atoms with Gasteiger partial charge < -0.3 is 166 Å². The first-order valence-corrected chi connectivity index (χ1v) is 56.5. The molecule has 0 radical (unpaired) electrons. The third-order valence-corrected chi connectivity index (χ3v) is 54.4. The summed E-state index contributed by atoms with van der Waals surface area (Å²) in [6.07, 6.45) is 0.205. The van der Waals surface area contributed by atoms with Crippen LogP contribution >= 0.6 is 0 Å². The van der Waals surface area contributed by atoms with Crippen LogP contribution < -0.4 is 0 Å². The van der Waals surface area contributed by atoms with Gasteiger partial charge in [-0.25, -0.2) is 0 Å². The molecule has 0 saturated carbocycles. The molecule has 0 aromatic rings. The fourth-order valence-electron chi connectivity index (χ4n) is 7.42. The summed E-state index contributed by atoms with van der Waals surface area (Å²) in [5.41, 5.74) is -0.0682. The van der Waals surface area contributed by atoms with Gasteiger partial charge in [0.1, 0.15) is 11.8 Å². The Kier molecular flexibility index (Phi) is 51.8. The van der Waals surface area contributed by atoms with Crippen molar-refractivity contribution >= 4 is 116 Å². The molecular weight excluding hydrogens is 1540 g/mol. The van der Waals surface area contributed by atoms with E-state index in [0.29, 0.717) is 65.5 Å². The van der Waals surface area contributed by atoms with E-state index >= 15 is 0 Å². The smallest absolute Gasteiger partial charge is 0.398 e. The standard InChI is InChI=1S/C16H40O10Si3.C15H36O11Si4.C8H24O10Si3.C8H24O7Si3/c1-9-17-27(18-10-2,19-11-3)25-29(23-15-7,24-16-8)26-28(20-12-4,21-13-5)22-14-6;1-16-27(6,10-9-21-11-14-12-22-14)24-30(19-4,20-5)26-29(8,18-3)25-28(7,17-2)15-13-23-15;1-9-19(10-2,11-3)17-21(15-7,16-8)18-20(12-4,13-5)14-6;1-9-16(6,10-2)14-18(8,13-5)15-17(7,11-3)12-4/h9-16H2,1-8H3;14-15H,9-13H2,1-8H3;1-8H3;1-8H3. The molecular formula is C47H124O38Si13. The van der Waals surface area contributed by atoms with Crippen molar-refractivity contribution in [1.29, 1.82) is 0 Å².